The zero-order valence-corrected chi connectivity index (χ0v) is 11.4. The summed E-state index contributed by atoms with van der Waals surface area (Å²) in [5, 5.41) is 13.1. The monoisotopic (exact) mass is 278 g/mol. The minimum Gasteiger partial charge on any atom is -0.480 e. The van der Waals surface area contributed by atoms with E-state index in [1.54, 1.807) is 13.0 Å². The van der Waals surface area contributed by atoms with E-state index in [2.05, 4.69) is 5.16 Å². The van der Waals surface area contributed by atoms with Gasteiger partial charge in [0.2, 0.25) is 0 Å². The van der Waals surface area contributed by atoms with Crippen LogP contribution in [0.4, 0.5) is 0 Å². The van der Waals surface area contributed by atoms with Gasteiger partial charge in [-0.1, -0.05) is 18.0 Å². The van der Waals surface area contributed by atoms with Crippen molar-refractivity contribution in [2.75, 3.05) is 0 Å². The maximum Gasteiger partial charge on any atom is 0.326 e. The number of carbonyl (C=O) groups is 2. The Balaban J connectivity index is 1.90. The Morgan fingerprint density at radius 2 is 2.15 bits per heavy atom. The molecule has 2 fully saturated rings. The molecule has 0 radical (unpaired) electrons. The molecule has 3 unspecified atom stereocenters. The van der Waals surface area contributed by atoms with Crippen molar-refractivity contribution in [3.63, 3.8) is 0 Å². The van der Waals surface area contributed by atoms with Gasteiger partial charge in [-0.05, 0) is 32.1 Å². The molecule has 20 heavy (non-hydrogen) atoms. The lowest BCUT2D eigenvalue weighted by atomic mass is 9.84. The van der Waals surface area contributed by atoms with Crippen molar-refractivity contribution in [1.82, 2.24) is 10.1 Å². The molecule has 1 saturated carbocycles. The first-order chi connectivity index (χ1) is 9.58. The number of amides is 1. The van der Waals surface area contributed by atoms with E-state index in [0.29, 0.717) is 18.1 Å². The Bertz CT molecular complexity index is 539. The second-order valence-electron chi connectivity index (χ2n) is 5.74. The Labute approximate surface area is 116 Å². The number of aliphatic carboxylic acids is 1. The maximum atomic E-state index is 12.6. The number of aromatic nitrogens is 1. The van der Waals surface area contributed by atoms with Gasteiger partial charge in [0.25, 0.3) is 5.91 Å². The van der Waals surface area contributed by atoms with Crippen molar-refractivity contribution in [2.45, 2.75) is 51.1 Å². The second-order valence-corrected chi connectivity index (χ2v) is 5.74. The zero-order valence-electron chi connectivity index (χ0n) is 11.4. The molecule has 1 aromatic heterocycles. The number of carboxylic acid groups (broad SMARTS) is 1. The van der Waals surface area contributed by atoms with Crippen molar-refractivity contribution >= 4 is 11.9 Å². The summed E-state index contributed by atoms with van der Waals surface area (Å²) in [4.78, 5) is 25.6. The number of carboxylic acids is 1. The van der Waals surface area contributed by atoms with Crippen LogP contribution in [0.5, 0.6) is 0 Å². The molecule has 1 amide bonds. The molecule has 3 rings (SSSR count). The SMILES string of the molecule is Cc1cc(C(=O)N2C(C(=O)O)CC3CCCCC32)no1. The highest BCUT2D eigenvalue weighted by Crippen LogP contribution is 2.40. The Morgan fingerprint density at radius 1 is 1.40 bits per heavy atom. The van der Waals surface area contributed by atoms with Crippen molar-refractivity contribution in [2.24, 2.45) is 5.92 Å². The molecular formula is C14H18N2O4. The fourth-order valence-electron chi connectivity index (χ4n) is 3.57. The van der Waals surface area contributed by atoms with Crippen molar-refractivity contribution < 1.29 is 19.2 Å². The van der Waals surface area contributed by atoms with Crippen LogP contribution < -0.4 is 0 Å². The molecule has 1 aromatic rings. The molecule has 0 bridgehead atoms. The average molecular weight is 278 g/mol. The van der Waals surface area contributed by atoms with Gasteiger partial charge < -0.3 is 14.5 Å². The van der Waals surface area contributed by atoms with Crippen molar-refractivity contribution in [3.8, 4) is 0 Å². The standard InChI is InChI=1S/C14H18N2O4/c1-8-6-10(15-20-8)13(17)16-11-5-3-2-4-9(11)7-12(16)14(18)19/h6,9,11-12H,2-5,7H2,1H3,(H,18,19). The van der Waals surface area contributed by atoms with Gasteiger partial charge in [-0.15, -0.1) is 0 Å². The number of fused-ring (bicyclic) bond motifs is 1. The van der Waals surface area contributed by atoms with Crippen LogP contribution in [0, 0.1) is 12.8 Å². The first-order valence-corrected chi connectivity index (χ1v) is 7.06. The number of aryl methyl sites for hydroxylation is 1. The molecule has 6 nitrogen and oxygen atoms in total. The molecule has 0 aromatic carbocycles. The summed E-state index contributed by atoms with van der Waals surface area (Å²) in [6.45, 7) is 1.71. The number of hydrogen-bond donors (Lipinski definition) is 1. The third kappa shape index (κ3) is 2.09. The second kappa shape index (κ2) is 4.92. The van der Waals surface area contributed by atoms with Crippen LogP contribution in [-0.4, -0.2) is 39.1 Å². The highest BCUT2D eigenvalue weighted by atomic mass is 16.5. The summed E-state index contributed by atoms with van der Waals surface area (Å²) in [7, 11) is 0. The van der Waals surface area contributed by atoms with E-state index in [-0.39, 0.29) is 17.6 Å². The summed E-state index contributed by atoms with van der Waals surface area (Å²) in [6.07, 6.45) is 4.63. The fraction of sp³-hybridized carbons (Fsp3) is 0.643. The Kier molecular flexibility index (Phi) is 3.23. The number of nitrogens with zero attached hydrogens (tertiary/aromatic N) is 2. The van der Waals surface area contributed by atoms with Gasteiger partial charge in [0.15, 0.2) is 5.69 Å². The zero-order chi connectivity index (χ0) is 14.3. The van der Waals surface area contributed by atoms with E-state index in [4.69, 9.17) is 4.52 Å². The minimum absolute atomic E-state index is 0.0364. The van der Waals surface area contributed by atoms with Gasteiger partial charge >= 0.3 is 5.97 Å². The van der Waals surface area contributed by atoms with E-state index in [1.165, 1.54) is 4.90 Å². The summed E-state index contributed by atoms with van der Waals surface area (Å²) in [6, 6.07) is 0.874. The molecule has 6 heteroatoms. The maximum absolute atomic E-state index is 12.6. The van der Waals surface area contributed by atoms with Crippen LogP contribution in [-0.2, 0) is 4.79 Å². The summed E-state index contributed by atoms with van der Waals surface area (Å²) in [5.41, 5.74) is 0.208. The van der Waals surface area contributed by atoms with E-state index in [1.807, 2.05) is 0 Å². The fourth-order valence-corrected chi connectivity index (χ4v) is 3.57. The smallest absolute Gasteiger partial charge is 0.326 e. The lowest BCUT2D eigenvalue weighted by Crippen LogP contribution is -2.46. The molecule has 2 aliphatic rings. The molecule has 1 N–H and O–H groups in total. The molecule has 2 heterocycles. The van der Waals surface area contributed by atoms with Crippen LogP contribution in [0.3, 0.4) is 0 Å². The number of carbonyl (C=O) groups excluding carboxylic acids is 1. The predicted octanol–water partition coefficient (Wildman–Crippen LogP) is 1.84. The normalized spacial score (nSPS) is 29.2. The summed E-state index contributed by atoms with van der Waals surface area (Å²) in [5.74, 6) is -0.377. The van der Waals surface area contributed by atoms with Crippen LogP contribution in [0.25, 0.3) is 0 Å². The van der Waals surface area contributed by atoms with Crippen molar-refractivity contribution in [1.29, 1.82) is 0 Å². The molecule has 1 saturated heterocycles. The van der Waals surface area contributed by atoms with E-state index in [9.17, 15) is 14.7 Å². The largest absolute Gasteiger partial charge is 0.480 e. The molecule has 1 aliphatic carbocycles. The van der Waals surface area contributed by atoms with Gasteiger partial charge in [-0.3, -0.25) is 4.79 Å². The summed E-state index contributed by atoms with van der Waals surface area (Å²) < 4.78 is 4.93. The van der Waals surface area contributed by atoms with Gasteiger partial charge in [0, 0.05) is 12.1 Å². The van der Waals surface area contributed by atoms with Gasteiger partial charge in [0.1, 0.15) is 11.8 Å². The third-order valence-electron chi connectivity index (χ3n) is 4.45. The lowest BCUT2D eigenvalue weighted by molar-refractivity contribution is -0.141. The Morgan fingerprint density at radius 3 is 2.80 bits per heavy atom. The van der Waals surface area contributed by atoms with E-state index >= 15 is 0 Å². The Hall–Kier alpha value is -1.85. The van der Waals surface area contributed by atoms with Gasteiger partial charge in [0.05, 0.1) is 0 Å². The van der Waals surface area contributed by atoms with Crippen LogP contribution in [0.2, 0.25) is 0 Å². The molecule has 3 atom stereocenters. The molecular weight excluding hydrogens is 260 g/mol. The number of rotatable bonds is 2. The first kappa shape index (κ1) is 13.1. The van der Waals surface area contributed by atoms with Gasteiger partial charge in [-0.25, -0.2) is 4.79 Å². The van der Waals surface area contributed by atoms with Crippen LogP contribution in [0.15, 0.2) is 10.6 Å². The first-order valence-electron chi connectivity index (χ1n) is 7.06. The third-order valence-corrected chi connectivity index (χ3v) is 4.45. The van der Waals surface area contributed by atoms with E-state index < -0.39 is 12.0 Å². The minimum atomic E-state index is -0.923. The highest BCUT2D eigenvalue weighted by Gasteiger charge is 2.48. The van der Waals surface area contributed by atoms with E-state index in [0.717, 1.165) is 25.7 Å². The topological polar surface area (TPSA) is 83.6 Å². The summed E-state index contributed by atoms with van der Waals surface area (Å²) >= 11 is 0. The molecule has 0 spiro atoms. The predicted molar refractivity (Wildman–Crippen MR) is 69.2 cm³/mol. The molecule has 108 valence electrons. The number of hydrogen-bond acceptors (Lipinski definition) is 4. The van der Waals surface area contributed by atoms with Gasteiger partial charge in [-0.2, -0.15) is 0 Å². The van der Waals surface area contributed by atoms with Crippen molar-refractivity contribution in [3.05, 3.63) is 17.5 Å². The van der Waals surface area contributed by atoms with Crippen LogP contribution >= 0.6 is 0 Å². The lowest BCUT2D eigenvalue weighted by Gasteiger charge is -2.32. The highest BCUT2D eigenvalue weighted by molar-refractivity contribution is 5.95. The number of likely N-dealkylation sites (tertiary alicyclic amines) is 1. The molecule has 1 aliphatic heterocycles. The van der Waals surface area contributed by atoms with Crippen LogP contribution in [0.1, 0.15) is 48.4 Å². The quantitative estimate of drug-likeness (QED) is 0.892. The average Bonchev–Trinajstić information content (AvgIpc) is 3.01.